The van der Waals surface area contributed by atoms with Crippen molar-refractivity contribution in [3.05, 3.63) is 0 Å². The van der Waals surface area contributed by atoms with E-state index in [4.69, 9.17) is 0 Å². The summed E-state index contributed by atoms with van der Waals surface area (Å²) in [6.45, 7) is 8.50. The molecule has 0 amide bonds. The Kier molecular flexibility index (Phi) is 5.63. The lowest BCUT2D eigenvalue weighted by atomic mass is 9.95. The van der Waals surface area contributed by atoms with Gasteiger partial charge in [-0.1, -0.05) is 6.42 Å². The quantitative estimate of drug-likeness (QED) is 0.643. The summed E-state index contributed by atoms with van der Waals surface area (Å²) in [4.78, 5) is 4.98. The highest BCUT2D eigenvalue weighted by Gasteiger charge is 2.31. The molecule has 1 saturated carbocycles. The number of nitrogens with zero attached hydrogens (tertiary/aromatic N) is 2. The summed E-state index contributed by atoms with van der Waals surface area (Å²) in [6, 6.07) is 0.676. The SMILES string of the molecule is CN1CCN(CCCCC(C)(CO)NC2CC2)CC1. The van der Waals surface area contributed by atoms with Crippen molar-refractivity contribution in [3.8, 4) is 0 Å². The van der Waals surface area contributed by atoms with Crippen LogP contribution in [0, 0.1) is 0 Å². The maximum absolute atomic E-state index is 9.56. The highest BCUT2D eigenvalue weighted by atomic mass is 16.3. The van der Waals surface area contributed by atoms with Gasteiger partial charge in [-0.15, -0.1) is 0 Å². The zero-order valence-electron chi connectivity index (χ0n) is 12.7. The Morgan fingerprint density at radius 3 is 2.42 bits per heavy atom. The highest BCUT2D eigenvalue weighted by Crippen LogP contribution is 2.24. The van der Waals surface area contributed by atoms with Gasteiger partial charge in [-0.2, -0.15) is 0 Å². The third kappa shape index (κ3) is 5.38. The molecule has 0 aromatic carbocycles. The van der Waals surface area contributed by atoms with E-state index in [1.54, 1.807) is 0 Å². The Bertz CT molecular complexity index is 262. The van der Waals surface area contributed by atoms with Crippen molar-refractivity contribution < 1.29 is 5.11 Å². The summed E-state index contributed by atoms with van der Waals surface area (Å²) >= 11 is 0. The molecule has 112 valence electrons. The van der Waals surface area contributed by atoms with E-state index in [9.17, 15) is 5.11 Å². The molecule has 1 aliphatic heterocycles. The average molecular weight is 269 g/mol. The number of aliphatic hydroxyl groups excluding tert-OH is 1. The van der Waals surface area contributed by atoms with Crippen molar-refractivity contribution in [2.24, 2.45) is 0 Å². The zero-order chi connectivity index (χ0) is 13.7. The molecule has 1 saturated heterocycles. The van der Waals surface area contributed by atoms with Crippen LogP contribution >= 0.6 is 0 Å². The van der Waals surface area contributed by atoms with Crippen molar-refractivity contribution in [2.75, 3.05) is 46.4 Å². The van der Waals surface area contributed by atoms with Crippen LogP contribution < -0.4 is 5.32 Å². The van der Waals surface area contributed by atoms with Crippen LogP contribution in [-0.2, 0) is 0 Å². The zero-order valence-corrected chi connectivity index (χ0v) is 12.7. The fourth-order valence-electron chi connectivity index (χ4n) is 2.84. The summed E-state index contributed by atoms with van der Waals surface area (Å²) < 4.78 is 0. The number of aliphatic hydroxyl groups is 1. The van der Waals surface area contributed by atoms with Gasteiger partial charge < -0.3 is 20.2 Å². The topological polar surface area (TPSA) is 38.7 Å². The summed E-state index contributed by atoms with van der Waals surface area (Å²) in [6.07, 6.45) is 6.14. The molecule has 1 unspecified atom stereocenters. The van der Waals surface area contributed by atoms with Crippen molar-refractivity contribution >= 4 is 0 Å². The molecule has 1 heterocycles. The second kappa shape index (κ2) is 7.02. The van der Waals surface area contributed by atoms with Crippen LogP contribution in [0.2, 0.25) is 0 Å². The highest BCUT2D eigenvalue weighted by molar-refractivity contribution is 4.92. The molecule has 2 fully saturated rings. The minimum absolute atomic E-state index is 0.0523. The first-order valence-corrected chi connectivity index (χ1v) is 7.91. The van der Waals surface area contributed by atoms with Gasteiger partial charge in [0.05, 0.1) is 6.61 Å². The van der Waals surface area contributed by atoms with Gasteiger partial charge in [-0.3, -0.25) is 0 Å². The number of hydrogen-bond donors (Lipinski definition) is 2. The lowest BCUT2D eigenvalue weighted by Crippen LogP contribution is -2.47. The van der Waals surface area contributed by atoms with E-state index in [1.807, 2.05) is 0 Å². The van der Waals surface area contributed by atoms with Gasteiger partial charge in [0, 0.05) is 37.8 Å². The molecule has 0 aromatic rings. The first-order chi connectivity index (χ1) is 9.11. The van der Waals surface area contributed by atoms with Crippen molar-refractivity contribution in [1.82, 2.24) is 15.1 Å². The lowest BCUT2D eigenvalue weighted by molar-refractivity contribution is 0.142. The van der Waals surface area contributed by atoms with E-state index in [1.165, 1.54) is 58.4 Å². The number of unbranched alkanes of at least 4 members (excludes halogenated alkanes) is 1. The van der Waals surface area contributed by atoms with Crippen LogP contribution in [0.3, 0.4) is 0 Å². The molecule has 0 bridgehead atoms. The average Bonchev–Trinajstić information content (AvgIpc) is 3.21. The molecule has 0 radical (unpaired) electrons. The summed E-state index contributed by atoms with van der Waals surface area (Å²) in [5, 5.41) is 13.2. The van der Waals surface area contributed by atoms with Crippen LogP contribution in [0.15, 0.2) is 0 Å². The molecule has 2 N–H and O–H groups in total. The third-order valence-electron chi connectivity index (χ3n) is 4.53. The molecule has 0 spiro atoms. The fourth-order valence-corrected chi connectivity index (χ4v) is 2.84. The molecule has 4 nitrogen and oxygen atoms in total. The lowest BCUT2D eigenvalue weighted by Gasteiger charge is -2.33. The van der Waals surface area contributed by atoms with Crippen LogP contribution in [0.4, 0.5) is 0 Å². The molecule has 2 rings (SSSR count). The predicted octanol–water partition coefficient (Wildman–Crippen LogP) is 0.907. The molecular formula is C15H31N3O. The maximum atomic E-state index is 9.56. The van der Waals surface area contributed by atoms with Gasteiger partial charge in [-0.05, 0) is 46.2 Å². The number of likely N-dealkylation sites (N-methyl/N-ethyl adjacent to an activating group) is 1. The van der Waals surface area contributed by atoms with Crippen molar-refractivity contribution in [2.45, 2.75) is 50.6 Å². The Hall–Kier alpha value is -0.160. The molecule has 1 aliphatic carbocycles. The van der Waals surface area contributed by atoms with E-state index in [-0.39, 0.29) is 12.1 Å². The van der Waals surface area contributed by atoms with Crippen LogP contribution in [0.25, 0.3) is 0 Å². The Morgan fingerprint density at radius 2 is 1.84 bits per heavy atom. The maximum Gasteiger partial charge on any atom is 0.0610 e. The van der Waals surface area contributed by atoms with Gasteiger partial charge in [0.1, 0.15) is 0 Å². The summed E-state index contributed by atoms with van der Waals surface area (Å²) in [5.74, 6) is 0. The van der Waals surface area contributed by atoms with E-state index in [0.29, 0.717) is 6.04 Å². The number of rotatable bonds is 8. The minimum atomic E-state index is -0.0523. The van der Waals surface area contributed by atoms with E-state index in [2.05, 4.69) is 29.1 Å². The number of nitrogens with one attached hydrogen (secondary N) is 1. The summed E-state index contributed by atoms with van der Waals surface area (Å²) in [7, 11) is 2.20. The molecule has 2 aliphatic rings. The molecule has 19 heavy (non-hydrogen) atoms. The number of piperazine rings is 1. The van der Waals surface area contributed by atoms with Gasteiger partial charge >= 0.3 is 0 Å². The molecule has 1 atom stereocenters. The first kappa shape index (κ1) is 15.2. The van der Waals surface area contributed by atoms with Gasteiger partial charge in [0.2, 0.25) is 0 Å². The van der Waals surface area contributed by atoms with Crippen LogP contribution in [0.1, 0.15) is 39.0 Å². The van der Waals surface area contributed by atoms with Gasteiger partial charge in [0.25, 0.3) is 0 Å². The smallest absolute Gasteiger partial charge is 0.0610 e. The van der Waals surface area contributed by atoms with E-state index >= 15 is 0 Å². The van der Waals surface area contributed by atoms with Crippen LogP contribution in [-0.4, -0.2) is 72.9 Å². The normalized spacial score (nSPS) is 25.4. The van der Waals surface area contributed by atoms with Gasteiger partial charge in [-0.25, -0.2) is 0 Å². The molecule has 0 aromatic heterocycles. The third-order valence-corrected chi connectivity index (χ3v) is 4.53. The second-order valence-corrected chi connectivity index (χ2v) is 6.74. The standard InChI is InChI=1S/C15H31N3O/c1-15(13-19,16-14-5-6-14)7-3-4-8-18-11-9-17(2)10-12-18/h14,16,19H,3-13H2,1-2H3. The Balaban J connectivity index is 1.57. The Morgan fingerprint density at radius 1 is 1.16 bits per heavy atom. The minimum Gasteiger partial charge on any atom is -0.394 e. The van der Waals surface area contributed by atoms with Gasteiger partial charge in [0.15, 0.2) is 0 Å². The Labute approximate surface area is 118 Å². The monoisotopic (exact) mass is 269 g/mol. The van der Waals surface area contributed by atoms with E-state index < -0.39 is 0 Å². The summed E-state index contributed by atoms with van der Waals surface area (Å²) in [5.41, 5.74) is -0.0523. The van der Waals surface area contributed by atoms with Crippen LogP contribution in [0.5, 0.6) is 0 Å². The molecule has 4 heteroatoms. The fraction of sp³-hybridized carbons (Fsp3) is 1.00. The number of hydrogen-bond acceptors (Lipinski definition) is 4. The van der Waals surface area contributed by atoms with E-state index in [0.717, 1.165) is 6.42 Å². The second-order valence-electron chi connectivity index (χ2n) is 6.74. The first-order valence-electron chi connectivity index (χ1n) is 7.91. The van der Waals surface area contributed by atoms with Crippen molar-refractivity contribution in [1.29, 1.82) is 0 Å². The van der Waals surface area contributed by atoms with Crippen molar-refractivity contribution in [3.63, 3.8) is 0 Å². The predicted molar refractivity (Wildman–Crippen MR) is 79.4 cm³/mol. The molecular weight excluding hydrogens is 238 g/mol. The largest absolute Gasteiger partial charge is 0.394 e.